The van der Waals surface area contributed by atoms with Crippen LogP contribution < -0.4 is 16.0 Å². The lowest BCUT2D eigenvalue weighted by molar-refractivity contribution is -0.131. The van der Waals surface area contributed by atoms with E-state index < -0.39 is 5.54 Å². The van der Waals surface area contributed by atoms with Crippen molar-refractivity contribution in [2.24, 2.45) is 5.92 Å². The van der Waals surface area contributed by atoms with Crippen LogP contribution in [-0.2, 0) is 11.2 Å². The van der Waals surface area contributed by atoms with Gasteiger partial charge in [0.15, 0.2) is 0 Å². The van der Waals surface area contributed by atoms with Crippen LogP contribution in [0, 0.1) is 5.92 Å². The number of amides is 3. The second kappa shape index (κ2) is 6.13. The molecular weight excluding hydrogens is 314 g/mol. The highest BCUT2D eigenvalue weighted by Crippen LogP contribution is 2.45. The standard InChI is InChI=1S/C20H29N3O2/c1-5-18(3)13-20(16(24)21-17(25)22-20)14(2)19(4,23-18)12-11-15-9-7-6-8-10-15/h6-10,14,23H,5,11-13H2,1-4H3,(H2,21,22,24,25). The maximum absolute atomic E-state index is 12.7. The van der Waals surface area contributed by atoms with Crippen molar-refractivity contribution in [3.63, 3.8) is 0 Å². The van der Waals surface area contributed by atoms with E-state index in [2.05, 4.69) is 67.9 Å². The molecule has 0 aromatic heterocycles. The van der Waals surface area contributed by atoms with Crippen LogP contribution in [0.15, 0.2) is 30.3 Å². The molecule has 5 nitrogen and oxygen atoms in total. The van der Waals surface area contributed by atoms with Gasteiger partial charge in [-0.3, -0.25) is 10.1 Å². The second-order valence-electron chi connectivity index (χ2n) is 8.22. The number of aryl methyl sites for hydroxylation is 1. The molecule has 1 aromatic rings. The number of hydrogen-bond acceptors (Lipinski definition) is 3. The summed E-state index contributed by atoms with van der Waals surface area (Å²) in [5.74, 6) is -0.202. The summed E-state index contributed by atoms with van der Waals surface area (Å²) in [6, 6.07) is 10.0. The number of piperidine rings is 1. The Morgan fingerprint density at radius 2 is 1.84 bits per heavy atom. The summed E-state index contributed by atoms with van der Waals surface area (Å²) < 4.78 is 0. The van der Waals surface area contributed by atoms with Gasteiger partial charge < -0.3 is 10.6 Å². The van der Waals surface area contributed by atoms with Crippen LogP contribution in [0.3, 0.4) is 0 Å². The lowest BCUT2D eigenvalue weighted by Crippen LogP contribution is -2.74. The fraction of sp³-hybridized carbons (Fsp3) is 0.600. The summed E-state index contributed by atoms with van der Waals surface area (Å²) >= 11 is 0. The molecule has 2 aliphatic heterocycles. The highest BCUT2D eigenvalue weighted by atomic mass is 16.2. The molecule has 1 aromatic carbocycles. The topological polar surface area (TPSA) is 70.2 Å². The van der Waals surface area contributed by atoms with Crippen molar-refractivity contribution in [2.75, 3.05) is 0 Å². The van der Waals surface area contributed by atoms with Crippen LogP contribution in [-0.4, -0.2) is 28.6 Å². The number of hydrogen-bond donors (Lipinski definition) is 3. The number of carbonyl (C=O) groups is 2. The van der Waals surface area contributed by atoms with Gasteiger partial charge in [0.1, 0.15) is 5.54 Å². The van der Waals surface area contributed by atoms with E-state index in [1.54, 1.807) is 0 Å². The minimum atomic E-state index is -0.835. The Bertz CT molecular complexity index is 677. The molecule has 2 aliphatic rings. The van der Waals surface area contributed by atoms with Gasteiger partial charge in [0.25, 0.3) is 5.91 Å². The molecule has 1 spiro atoms. The molecule has 0 aliphatic carbocycles. The molecule has 2 heterocycles. The summed E-state index contributed by atoms with van der Waals surface area (Å²) in [5.41, 5.74) is -0.00495. The van der Waals surface area contributed by atoms with Crippen molar-refractivity contribution >= 4 is 11.9 Å². The molecule has 0 radical (unpaired) electrons. The molecule has 3 rings (SSSR count). The van der Waals surface area contributed by atoms with Crippen LogP contribution in [0.2, 0.25) is 0 Å². The molecule has 3 N–H and O–H groups in total. The number of imide groups is 1. The molecule has 136 valence electrons. The van der Waals surface area contributed by atoms with Crippen molar-refractivity contribution in [1.82, 2.24) is 16.0 Å². The van der Waals surface area contributed by atoms with Crippen molar-refractivity contribution < 1.29 is 9.59 Å². The van der Waals surface area contributed by atoms with Gasteiger partial charge in [-0.15, -0.1) is 0 Å². The van der Waals surface area contributed by atoms with E-state index in [1.165, 1.54) is 5.56 Å². The zero-order valence-corrected chi connectivity index (χ0v) is 15.6. The monoisotopic (exact) mass is 343 g/mol. The molecule has 25 heavy (non-hydrogen) atoms. The van der Waals surface area contributed by atoms with Crippen molar-refractivity contribution in [1.29, 1.82) is 0 Å². The first kappa shape index (κ1) is 17.9. The van der Waals surface area contributed by atoms with Crippen LogP contribution in [0.5, 0.6) is 0 Å². The second-order valence-corrected chi connectivity index (χ2v) is 8.22. The molecule has 0 saturated carbocycles. The molecular formula is C20H29N3O2. The maximum atomic E-state index is 12.7. The normalized spacial score (nSPS) is 37.8. The van der Waals surface area contributed by atoms with Gasteiger partial charge in [-0.25, -0.2) is 4.79 Å². The summed E-state index contributed by atoms with van der Waals surface area (Å²) in [6.45, 7) is 8.55. The Balaban J connectivity index is 1.91. The first-order valence-electron chi connectivity index (χ1n) is 9.20. The average molecular weight is 343 g/mol. The number of benzene rings is 1. The largest absolute Gasteiger partial charge is 0.323 e. The highest BCUT2D eigenvalue weighted by molar-refractivity contribution is 6.07. The van der Waals surface area contributed by atoms with Gasteiger partial charge in [-0.05, 0) is 45.1 Å². The van der Waals surface area contributed by atoms with Gasteiger partial charge >= 0.3 is 6.03 Å². The predicted molar refractivity (Wildman–Crippen MR) is 98.2 cm³/mol. The number of rotatable bonds is 4. The van der Waals surface area contributed by atoms with E-state index in [9.17, 15) is 9.59 Å². The molecule has 2 fully saturated rings. The van der Waals surface area contributed by atoms with Crippen molar-refractivity contribution in [3.05, 3.63) is 35.9 Å². The zero-order valence-electron chi connectivity index (χ0n) is 15.6. The van der Waals surface area contributed by atoms with Crippen LogP contribution in [0.25, 0.3) is 0 Å². The first-order chi connectivity index (χ1) is 11.7. The van der Waals surface area contributed by atoms with Gasteiger partial charge in [0.05, 0.1) is 0 Å². The van der Waals surface area contributed by atoms with E-state index in [0.29, 0.717) is 6.42 Å². The molecule has 3 amide bonds. The summed E-state index contributed by atoms with van der Waals surface area (Å²) in [6.07, 6.45) is 3.33. The third-order valence-electron chi connectivity index (χ3n) is 6.48. The predicted octanol–water partition coefficient (Wildman–Crippen LogP) is 2.75. The van der Waals surface area contributed by atoms with Crippen LogP contribution in [0.1, 0.15) is 52.5 Å². The summed E-state index contributed by atoms with van der Waals surface area (Å²) in [7, 11) is 0. The van der Waals surface area contributed by atoms with E-state index in [-0.39, 0.29) is 28.9 Å². The summed E-state index contributed by atoms with van der Waals surface area (Å²) in [5, 5.41) is 9.27. The SMILES string of the molecule is CCC1(C)CC2(NC(=O)NC2=O)C(C)C(C)(CCc2ccccc2)N1. The van der Waals surface area contributed by atoms with Crippen LogP contribution in [0.4, 0.5) is 4.79 Å². The Labute approximate surface area is 150 Å². The van der Waals surface area contributed by atoms with E-state index in [1.807, 2.05) is 6.07 Å². The number of carbonyl (C=O) groups excluding carboxylic acids is 2. The third kappa shape index (κ3) is 3.06. The van der Waals surface area contributed by atoms with Crippen molar-refractivity contribution in [3.8, 4) is 0 Å². The molecule has 5 heteroatoms. The fourth-order valence-corrected chi connectivity index (χ4v) is 4.63. The first-order valence-corrected chi connectivity index (χ1v) is 9.20. The number of nitrogens with one attached hydrogen (secondary N) is 3. The maximum Gasteiger partial charge on any atom is 0.322 e. The quantitative estimate of drug-likeness (QED) is 0.736. The molecule has 2 saturated heterocycles. The lowest BCUT2D eigenvalue weighted by Gasteiger charge is -2.57. The van der Waals surface area contributed by atoms with Gasteiger partial charge in [0.2, 0.25) is 0 Å². The van der Waals surface area contributed by atoms with E-state index >= 15 is 0 Å². The molecule has 4 unspecified atom stereocenters. The Morgan fingerprint density at radius 1 is 1.16 bits per heavy atom. The van der Waals surface area contributed by atoms with E-state index in [0.717, 1.165) is 19.3 Å². The minimum absolute atomic E-state index is 0.0187. The number of urea groups is 1. The van der Waals surface area contributed by atoms with Crippen molar-refractivity contribution in [2.45, 2.75) is 70.0 Å². The minimum Gasteiger partial charge on any atom is -0.323 e. The summed E-state index contributed by atoms with van der Waals surface area (Å²) in [4.78, 5) is 24.6. The third-order valence-corrected chi connectivity index (χ3v) is 6.48. The molecule has 4 atom stereocenters. The van der Waals surface area contributed by atoms with Gasteiger partial charge in [-0.2, -0.15) is 0 Å². The van der Waals surface area contributed by atoms with Gasteiger partial charge in [0, 0.05) is 17.0 Å². The molecule has 0 bridgehead atoms. The Kier molecular flexibility index (Phi) is 4.40. The zero-order chi connectivity index (χ0) is 18.3. The highest BCUT2D eigenvalue weighted by Gasteiger charge is 2.61. The van der Waals surface area contributed by atoms with Gasteiger partial charge in [-0.1, -0.05) is 44.2 Å². The van der Waals surface area contributed by atoms with E-state index in [4.69, 9.17) is 0 Å². The average Bonchev–Trinajstić information content (AvgIpc) is 2.86. The lowest BCUT2D eigenvalue weighted by atomic mass is 9.61. The smallest absolute Gasteiger partial charge is 0.322 e. The van der Waals surface area contributed by atoms with Crippen LogP contribution >= 0.6 is 0 Å². The fourth-order valence-electron chi connectivity index (χ4n) is 4.63. The Hall–Kier alpha value is -1.88. The Morgan fingerprint density at radius 3 is 2.40 bits per heavy atom.